The lowest BCUT2D eigenvalue weighted by molar-refractivity contribution is 0.368. The van der Waals surface area contributed by atoms with E-state index in [-0.39, 0.29) is 11.1 Å². The minimum Gasteiger partial charge on any atom is -0.455 e. The summed E-state index contributed by atoms with van der Waals surface area (Å²) in [7, 11) is -4.08. The van der Waals surface area contributed by atoms with Crippen LogP contribution < -0.4 is 0 Å². The molecule has 2 rings (SSSR count). The fraction of sp³-hybridized carbons (Fsp3) is 1.00. The second-order valence-electron chi connectivity index (χ2n) is 8.52. The van der Waals surface area contributed by atoms with Crippen LogP contribution in [0.15, 0.2) is 0 Å². The van der Waals surface area contributed by atoms with E-state index in [1.54, 1.807) is 0 Å². The molecule has 0 heterocycles. The summed E-state index contributed by atoms with van der Waals surface area (Å²) >= 11 is 27.3. The van der Waals surface area contributed by atoms with Gasteiger partial charge in [0.1, 0.15) is 8.67 Å². The molecule has 2 fully saturated rings. The third-order valence-corrected chi connectivity index (χ3v) is 16.5. The molecular weight excluding hydrogens is 406 g/mol. The fourth-order valence-corrected chi connectivity index (χ4v) is 18.6. The van der Waals surface area contributed by atoms with Gasteiger partial charge in [-0.2, -0.15) is 0 Å². The molecule has 2 unspecified atom stereocenters. The maximum absolute atomic E-state index is 6.92. The summed E-state index contributed by atoms with van der Waals surface area (Å²) < 4.78 is 5.53. The highest BCUT2D eigenvalue weighted by Crippen LogP contribution is 2.61. The van der Waals surface area contributed by atoms with Crippen LogP contribution in [0.2, 0.25) is 37.3 Å². The highest BCUT2D eigenvalue weighted by atomic mass is 35.5. The lowest BCUT2D eigenvalue weighted by Crippen LogP contribution is -2.59. The largest absolute Gasteiger partial charge is 0.455 e. The quantitative estimate of drug-likeness (QED) is 0.325. The van der Waals surface area contributed by atoms with Gasteiger partial charge < -0.3 is 4.12 Å². The zero-order chi connectivity index (χ0) is 17.5. The average Bonchev–Trinajstić information content (AvgIpc) is 2.34. The number of hydrogen-bond donors (Lipinski definition) is 0. The second-order valence-corrected chi connectivity index (χ2v) is 20.4. The van der Waals surface area contributed by atoms with E-state index in [4.69, 9.17) is 50.5 Å². The van der Waals surface area contributed by atoms with Gasteiger partial charge in [-0.3, -0.25) is 0 Å². The van der Waals surface area contributed by atoms with Crippen molar-refractivity contribution in [1.82, 2.24) is 0 Å². The molecule has 0 saturated heterocycles. The molecule has 0 spiro atoms. The maximum Gasteiger partial charge on any atom is 0.188 e. The smallest absolute Gasteiger partial charge is 0.188 e. The molecule has 7 heteroatoms. The predicted octanol–water partition coefficient (Wildman–Crippen LogP) is 7.65. The minimum atomic E-state index is -2.32. The Morgan fingerprint density at radius 2 is 1.13 bits per heavy atom. The van der Waals surface area contributed by atoms with Crippen LogP contribution in [0.25, 0.3) is 0 Å². The van der Waals surface area contributed by atoms with Crippen LogP contribution in [-0.4, -0.2) is 25.3 Å². The average molecular weight is 436 g/mol. The van der Waals surface area contributed by atoms with E-state index in [0.29, 0.717) is 0 Å². The fourth-order valence-electron chi connectivity index (χ4n) is 4.65. The molecule has 2 aliphatic carbocycles. The van der Waals surface area contributed by atoms with Gasteiger partial charge in [0.05, 0.1) is 0 Å². The standard InChI is InChI=1S/C16H30Cl4OSi2/c1-22(2,3)21-23(4,13-9-5-7-11-15(13,17)18)14-10-6-8-12-16(14,19)20/h13-14H,5-12H2,1-4H3. The van der Waals surface area contributed by atoms with Crippen molar-refractivity contribution in [3.8, 4) is 0 Å². The summed E-state index contributed by atoms with van der Waals surface area (Å²) in [6.45, 7) is 9.06. The number of halogens is 4. The molecule has 1 nitrogen and oxygen atoms in total. The molecule has 0 aliphatic heterocycles. The van der Waals surface area contributed by atoms with Crippen molar-refractivity contribution < 1.29 is 4.12 Å². The van der Waals surface area contributed by atoms with E-state index >= 15 is 0 Å². The summed E-state index contributed by atoms with van der Waals surface area (Å²) in [4.78, 5) is 0. The second kappa shape index (κ2) is 7.29. The van der Waals surface area contributed by atoms with Gasteiger partial charge in [-0.25, -0.2) is 0 Å². The normalized spacial score (nSPS) is 33.9. The van der Waals surface area contributed by atoms with E-state index in [0.717, 1.165) is 38.5 Å². The molecule has 0 aromatic carbocycles. The first-order chi connectivity index (χ1) is 10.4. The Kier molecular flexibility index (Phi) is 6.61. The number of alkyl halides is 4. The summed E-state index contributed by atoms with van der Waals surface area (Å²) in [5, 5.41) is 0. The number of rotatable bonds is 4. The first-order valence-corrected chi connectivity index (χ1v) is 16.3. The molecule has 2 aliphatic rings. The van der Waals surface area contributed by atoms with Crippen molar-refractivity contribution >= 4 is 63.0 Å². The van der Waals surface area contributed by atoms with Crippen LogP contribution in [0.5, 0.6) is 0 Å². The van der Waals surface area contributed by atoms with Crippen LogP contribution in [0.4, 0.5) is 0 Å². The molecule has 0 aromatic rings. The SMILES string of the molecule is C[Si](C)(C)O[Si](C)(C1CCCCC1(Cl)Cl)C1CCCCC1(Cl)Cl. The van der Waals surface area contributed by atoms with Gasteiger partial charge in [0.15, 0.2) is 16.6 Å². The Balaban J connectivity index is 2.43. The van der Waals surface area contributed by atoms with Gasteiger partial charge in [0, 0.05) is 11.1 Å². The lowest BCUT2D eigenvalue weighted by Gasteiger charge is -2.54. The zero-order valence-corrected chi connectivity index (χ0v) is 19.8. The van der Waals surface area contributed by atoms with Crippen LogP contribution in [0.1, 0.15) is 51.4 Å². The van der Waals surface area contributed by atoms with Gasteiger partial charge in [0.2, 0.25) is 0 Å². The molecule has 2 saturated carbocycles. The van der Waals surface area contributed by atoms with Gasteiger partial charge >= 0.3 is 0 Å². The van der Waals surface area contributed by atoms with Gasteiger partial charge in [-0.15, -0.1) is 46.4 Å². The lowest BCUT2D eigenvalue weighted by atomic mass is 9.98. The van der Waals surface area contributed by atoms with Crippen molar-refractivity contribution in [3.05, 3.63) is 0 Å². The monoisotopic (exact) mass is 434 g/mol. The van der Waals surface area contributed by atoms with E-state index in [9.17, 15) is 0 Å². The molecular formula is C16H30Cl4OSi2. The highest BCUT2D eigenvalue weighted by Gasteiger charge is 2.60. The summed E-state index contributed by atoms with van der Waals surface area (Å²) in [6.07, 6.45) is 8.32. The van der Waals surface area contributed by atoms with E-state index < -0.39 is 25.3 Å². The molecule has 0 N–H and O–H groups in total. The van der Waals surface area contributed by atoms with Crippen molar-refractivity contribution in [3.63, 3.8) is 0 Å². The van der Waals surface area contributed by atoms with Crippen LogP contribution in [0, 0.1) is 0 Å². The Bertz CT molecular complexity index is 395. The van der Waals surface area contributed by atoms with Crippen molar-refractivity contribution in [2.24, 2.45) is 0 Å². The Labute approximate surface area is 164 Å². The highest BCUT2D eigenvalue weighted by molar-refractivity contribution is 6.88. The van der Waals surface area contributed by atoms with E-state index in [1.165, 1.54) is 12.8 Å². The summed E-state index contributed by atoms with van der Waals surface area (Å²) in [5.74, 6) is 0. The first-order valence-electron chi connectivity index (χ1n) is 8.84. The minimum absolute atomic E-state index is 0.207. The summed E-state index contributed by atoms with van der Waals surface area (Å²) in [6, 6.07) is 0. The Hall–Kier alpha value is 1.55. The van der Waals surface area contributed by atoms with Crippen LogP contribution in [-0.2, 0) is 4.12 Å². The molecule has 136 valence electrons. The van der Waals surface area contributed by atoms with E-state index in [2.05, 4.69) is 26.2 Å². The predicted molar refractivity (Wildman–Crippen MR) is 109 cm³/mol. The van der Waals surface area contributed by atoms with Crippen molar-refractivity contribution in [2.45, 2.75) is 97.3 Å². The summed E-state index contributed by atoms with van der Waals surface area (Å²) in [5.41, 5.74) is 0.414. The van der Waals surface area contributed by atoms with Gasteiger partial charge in [-0.1, -0.05) is 25.7 Å². The van der Waals surface area contributed by atoms with Gasteiger partial charge in [0.25, 0.3) is 0 Å². The Morgan fingerprint density at radius 3 is 1.43 bits per heavy atom. The topological polar surface area (TPSA) is 9.23 Å². The van der Waals surface area contributed by atoms with Crippen molar-refractivity contribution in [2.75, 3.05) is 0 Å². The number of hydrogen-bond acceptors (Lipinski definition) is 1. The third kappa shape index (κ3) is 4.84. The van der Waals surface area contributed by atoms with Crippen LogP contribution in [0.3, 0.4) is 0 Å². The molecule has 2 atom stereocenters. The maximum atomic E-state index is 6.92. The molecule has 0 bridgehead atoms. The third-order valence-electron chi connectivity index (χ3n) is 5.44. The van der Waals surface area contributed by atoms with Crippen molar-refractivity contribution in [1.29, 1.82) is 0 Å². The van der Waals surface area contributed by atoms with Crippen LogP contribution >= 0.6 is 46.4 Å². The zero-order valence-electron chi connectivity index (χ0n) is 14.7. The Morgan fingerprint density at radius 1 is 0.739 bits per heavy atom. The molecule has 0 aromatic heterocycles. The molecule has 0 amide bonds. The molecule has 23 heavy (non-hydrogen) atoms. The van der Waals surface area contributed by atoms with E-state index in [1.807, 2.05) is 0 Å². The molecule has 0 radical (unpaired) electrons. The van der Waals surface area contributed by atoms with Gasteiger partial charge in [-0.05, 0) is 51.9 Å². The first kappa shape index (κ1) is 20.9.